The first-order valence-corrected chi connectivity index (χ1v) is 6.20. The van der Waals surface area contributed by atoms with Gasteiger partial charge < -0.3 is 0 Å². The second kappa shape index (κ2) is 5.66. The van der Waals surface area contributed by atoms with Crippen LogP contribution in [0.5, 0.6) is 0 Å². The molecule has 0 aliphatic rings. The molecule has 0 bridgehead atoms. The smallest absolute Gasteiger partial charge is 0.150 e. The fraction of sp³-hybridized carbons (Fsp3) is 0.0769. The Kier molecular flexibility index (Phi) is 3.96. The molecule has 0 radical (unpaired) electrons. The molecule has 0 spiro atoms. The van der Waals surface area contributed by atoms with E-state index in [-0.39, 0.29) is 5.84 Å². The predicted molar refractivity (Wildman–Crippen MR) is 71.3 cm³/mol. The van der Waals surface area contributed by atoms with Crippen molar-refractivity contribution in [2.24, 2.45) is 0 Å². The molecule has 0 aliphatic heterocycles. The van der Waals surface area contributed by atoms with Gasteiger partial charge in [0.25, 0.3) is 0 Å². The average molecular weight is 259 g/mol. The summed E-state index contributed by atoms with van der Waals surface area (Å²) in [5, 5.41) is 16.5. The molecule has 2 aromatic rings. The topological polar surface area (TPSA) is 69.0 Å². The third-order valence-electron chi connectivity index (χ3n) is 2.48. The van der Waals surface area contributed by atoms with Gasteiger partial charge in [0.05, 0.1) is 0 Å². The van der Waals surface area contributed by atoms with E-state index in [2.05, 4.69) is 4.98 Å². The van der Waals surface area contributed by atoms with Crippen LogP contribution in [0, 0.1) is 12.3 Å². The summed E-state index contributed by atoms with van der Waals surface area (Å²) < 4.78 is 0. The van der Waals surface area contributed by atoms with Gasteiger partial charge in [-0.05, 0) is 24.6 Å². The van der Waals surface area contributed by atoms with E-state index in [9.17, 15) is 0 Å². The van der Waals surface area contributed by atoms with Crippen molar-refractivity contribution in [2.45, 2.75) is 16.7 Å². The number of nitrogens with one attached hydrogen (secondary N) is 2. The van der Waals surface area contributed by atoms with E-state index >= 15 is 0 Å². The number of benzene rings is 1. The van der Waals surface area contributed by atoms with Gasteiger partial charge in [-0.3, -0.25) is 21.1 Å². The lowest BCUT2D eigenvalue weighted by atomic mass is 10.2. The van der Waals surface area contributed by atoms with E-state index < -0.39 is 0 Å². The molecule has 92 valence electrons. The Morgan fingerprint density at radius 2 is 2.06 bits per heavy atom. The first-order chi connectivity index (χ1) is 8.72. The van der Waals surface area contributed by atoms with Crippen LogP contribution < -0.4 is 5.48 Å². The highest BCUT2D eigenvalue weighted by Crippen LogP contribution is 2.31. The Balaban J connectivity index is 2.35. The number of rotatable bonds is 3. The molecule has 0 amide bonds. The normalized spacial score (nSPS) is 10.1. The molecule has 3 N–H and O–H groups in total. The van der Waals surface area contributed by atoms with Crippen molar-refractivity contribution >= 4 is 17.6 Å². The van der Waals surface area contributed by atoms with Crippen LogP contribution in [0.1, 0.15) is 11.1 Å². The molecule has 0 unspecified atom stereocenters. The van der Waals surface area contributed by atoms with Crippen molar-refractivity contribution < 1.29 is 5.21 Å². The Morgan fingerprint density at radius 1 is 1.28 bits per heavy atom. The van der Waals surface area contributed by atoms with Gasteiger partial charge in [-0.25, -0.2) is 0 Å². The number of aryl methyl sites for hydroxylation is 1. The van der Waals surface area contributed by atoms with Gasteiger partial charge in [-0.2, -0.15) is 0 Å². The van der Waals surface area contributed by atoms with Crippen molar-refractivity contribution in [1.29, 1.82) is 5.41 Å². The number of hydrogen-bond donors (Lipinski definition) is 3. The van der Waals surface area contributed by atoms with Crippen LogP contribution in [-0.2, 0) is 0 Å². The Morgan fingerprint density at radius 3 is 2.78 bits per heavy atom. The summed E-state index contributed by atoms with van der Waals surface area (Å²) in [5.41, 5.74) is 3.66. The van der Waals surface area contributed by atoms with Crippen LogP contribution in [0.3, 0.4) is 0 Å². The van der Waals surface area contributed by atoms with Crippen molar-refractivity contribution in [2.75, 3.05) is 0 Å². The van der Waals surface area contributed by atoms with E-state index in [1.165, 1.54) is 17.3 Å². The molecular formula is C13H13N3OS. The number of hydrogen-bond acceptors (Lipinski definition) is 4. The van der Waals surface area contributed by atoms with Crippen molar-refractivity contribution in [3.63, 3.8) is 0 Å². The highest BCUT2D eigenvalue weighted by atomic mass is 32.2. The molecule has 4 nitrogen and oxygen atoms in total. The first kappa shape index (κ1) is 12.6. The summed E-state index contributed by atoms with van der Waals surface area (Å²) >= 11 is 1.53. The van der Waals surface area contributed by atoms with E-state index in [1.807, 2.05) is 36.7 Å². The van der Waals surface area contributed by atoms with E-state index in [4.69, 9.17) is 10.6 Å². The maximum Gasteiger partial charge on any atom is 0.150 e. The van der Waals surface area contributed by atoms with E-state index in [0.29, 0.717) is 5.56 Å². The molecule has 0 aliphatic carbocycles. The van der Waals surface area contributed by atoms with E-state index in [0.717, 1.165) is 9.79 Å². The third-order valence-corrected chi connectivity index (χ3v) is 3.70. The second-order valence-electron chi connectivity index (χ2n) is 3.73. The standard InChI is InChI=1S/C13H13N3OS/c1-9-4-2-3-5-11(9)18-12-8-15-7-6-10(12)13(14)16-17/h2-8,17H,1H3,(H2,14,16). The summed E-state index contributed by atoms with van der Waals surface area (Å²) in [6.45, 7) is 2.04. The summed E-state index contributed by atoms with van der Waals surface area (Å²) in [5.74, 6) is -0.0338. The number of nitrogens with zero attached hydrogens (tertiary/aromatic N) is 1. The van der Waals surface area contributed by atoms with Crippen LogP contribution in [0.4, 0.5) is 0 Å². The van der Waals surface area contributed by atoms with Gasteiger partial charge >= 0.3 is 0 Å². The molecular weight excluding hydrogens is 246 g/mol. The molecule has 0 atom stereocenters. The van der Waals surface area contributed by atoms with Gasteiger partial charge in [-0.1, -0.05) is 30.0 Å². The van der Waals surface area contributed by atoms with Gasteiger partial charge in [0.15, 0.2) is 5.84 Å². The van der Waals surface area contributed by atoms with Crippen LogP contribution in [0.25, 0.3) is 0 Å². The molecule has 0 fully saturated rings. The van der Waals surface area contributed by atoms with Crippen molar-refractivity contribution in [1.82, 2.24) is 10.5 Å². The minimum Gasteiger partial charge on any atom is -0.290 e. The third kappa shape index (κ3) is 2.69. The molecule has 1 aromatic heterocycles. The minimum atomic E-state index is -0.0338. The number of pyridine rings is 1. The zero-order valence-electron chi connectivity index (χ0n) is 9.84. The lowest BCUT2D eigenvalue weighted by Crippen LogP contribution is -2.19. The summed E-state index contributed by atoms with van der Waals surface area (Å²) in [7, 11) is 0. The van der Waals surface area contributed by atoms with Gasteiger partial charge in [-0.15, -0.1) is 0 Å². The summed E-state index contributed by atoms with van der Waals surface area (Å²) in [6, 6.07) is 9.72. The van der Waals surface area contributed by atoms with Crippen LogP contribution in [0.2, 0.25) is 0 Å². The molecule has 1 heterocycles. The van der Waals surface area contributed by atoms with Gasteiger partial charge in [0.1, 0.15) is 0 Å². The second-order valence-corrected chi connectivity index (χ2v) is 4.81. The number of hydroxylamine groups is 1. The lowest BCUT2D eigenvalue weighted by Gasteiger charge is -2.10. The number of aromatic nitrogens is 1. The average Bonchev–Trinajstić information content (AvgIpc) is 2.41. The van der Waals surface area contributed by atoms with Crippen molar-refractivity contribution in [3.05, 3.63) is 53.9 Å². The minimum absolute atomic E-state index is 0.0338. The first-order valence-electron chi connectivity index (χ1n) is 5.39. The summed E-state index contributed by atoms with van der Waals surface area (Å²) in [4.78, 5) is 6.00. The fourth-order valence-corrected chi connectivity index (χ4v) is 2.52. The molecule has 0 saturated heterocycles. The van der Waals surface area contributed by atoms with Gasteiger partial charge in [0, 0.05) is 27.7 Å². The maximum absolute atomic E-state index is 8.83. The predicted octanol–water partition coefficient (Wildman–Crippen LogP) is 2.85. The quantitative estimate of drug-likeness (QED) is 0.450. The Hall–Kier alpha value is -1.85. The zero-order chi connectivity index (χ0) is 13.0. The lowest BCUT2D eigenvalue weighted by molar-refractivity contribution is 0.234. The highest BCUT2D eigenvalue weighted by molar-refractivity contribution is 7.99. The molecule has 2 rings (SSSR count). The van der Waals surface area contributed by atoms with Crippen LogP contribution >= 0.6 is 11.8 Å². The molecule has 5 heteroatoms. The monoisotopic (exact) mass is 259 g/mol. The zero-order valence-corrected chi connectivity index (χ0v) is 10.7. The molecule has 1 aromatic carbocycles. The highest BCUT2D eigenvalue weighted by Gasteiger charge is 2.09. The van der Waals surface area contributed by atoms with E-state index in [1.54, 1.807) is 18.5 Å². The SMILES string of the molecule is Cc1ccccc1Sc1cnccc1C(=N)NO. The van der Waals surface area contributed by atoms with Crippen LogP contribution in [0.15, 0.2) is 52.5 Å². The Labute approximate surface area is 110 Å². The maximum atomic E-state index is 8.83. The Bertz CT molecular complexity index is 572. The van der Waals surface area contributed by atoms with Crippen LogP contribution in [-0.4, -0.2) is 16.0 Å². The van der Waals surface area contributed by atoms with Gasteiger partial charge in [0.2, 0.25) is 0 Å². The fourth-order valence-electron chi connectivity index (χ4n) is 1.52. The van der Waals surface area contributed by atoms with Crippen molar-refractivity contribution in [3.8, 4) is 0 Å². The molecule has 18 heavy (non-hydrogen) atoms. The molecule has 0 saturated carbocycles. The summed E-state index contributed by atoms with van der Waals surface area (Å²) in [6.07, 6.45) is 3.29. The largest absolute Gasteiger partial charge is 0.290 e. The number of amidine groups is 1.